The molecule has 0 fully saturated rings. The summed E-state index contributed by atoms with van der Waals surface area (Å²) >= 11 is 0. The van der Waals surface area contributed by atoms with Gasteiger partial charge in [-0.05, 0) is 35.4 Å². The van der Waals surface area contributed by atoms with E-state index in [9.17, 15) is 8.78 Å². The summed E-state index contributed by atoms with van der Waals surface area (Å²) in [4.78, 5) is 0. The molecule has 0 spiro atoms. The van der Waals surface area contributed by atoms with Gasteiger partial charge in [-0.3, -0.25) is 0 Å². The van der Waals surface area contributed by atoms with Crippen LogP contribution in [-0.2, 0) is 13.2 Å². The molecule has 0 heterocycles. The Kier molecular flexibility index (Phi) is 3.89. The Morgan fingerprint density at radius 2 is 1.50 bits per heavy atom. The van der Waals surface area contributed by atoms with Crippen LogP contribution in [0.15, 0.2) is 42.5 Å². The van der Waals surface area contributed by atoms with Gasteiger partial charge in [-0.2, -0.15) is 0 Å². The van der Waals surface area contributed by atoms with Gasteiger partial charge in [-0.15, -0.1) is 0 Å². The SMILES string of the molecule is OCc1ccc(OCc2cc(F)cc(F)c2)cc1. The number of aliphatic hydroxyl groups is 1. The third-order valence-electron chi connectivity index (χ3n) is 2.43. The lowest BCUT2D eigenvalue weighted by Crippen LogP contribution is -1.97. The molecule has 0 saturated heterocycles. The highest BCUT2D eigenvalue weighted by molar-refractivity contribution is 5.27. The van der Waals surface area contributed by atoms with Gasteiger partial charge in [0.05, 0.1) is 6.61 Å². The third kappa shape index (κ3) is 3.28. The molecule has 0 bridgehead atoms. The largest absolute Gasteiger partial charge is 0.489 e. The molecule has 0 aliphatic heterocycles. The highest BCUT2D eigenvalue weighted by Crippen LogP contribution is 2.15. The predicted molar refractivity (Wildman–Crippen MR) is 63.1 cm³/mol. The van der Waals surface area contributed by atoms with Crippen molar-refractivity contribution in [3.05, 3.63) is 65.2 Å². The quantitative estimate of drug-likeness (QED) is 0.903. The molecule has 0 aliphatic rings. The molecule has 0 atom stereocenters. The fraction of sp³-hybridized carbons (Fsp3) is 0.143. The van der Waals surface area contributed by atoms with Crippen LogP contribution in [0.5, 0.6) is 5.75 Å². The molecule has 2 aromatic carbocycles. The number of ether oxygens (including phenoxy) is 1. The summed E-state index contributed by atoms with van der Waals surface area (Å²) in [5.74, 6) is -0.662. The standard InChI is InChI=1S/C14H12F2O2/c15-12-5-11(6-13(16)7-12)9-18-14-3-1-10(8-17)2-4-14/h1-7,17H,8-9H2. The van der Waals surface area contributed by atoms with Crippen LogP contribution in [0.25, 0.3) is 0 Å². The van der Waals surface area contributed by atoms with Crippen molar-refractivity contribution < 1.29 is 18.6 Å². The third-order valence-corrected chi connectivity index (χ3v) is 2.43. The topological polar surface area (TPSA) is 29.5 Å². The van der Waals surface area contributed by atoms with E-state index in [1.165, 1.54) is 12.1 Å². The second kappa shape index (κ2) is 5.60. The van der Waals surface area contributed by atoms with Gasteiger partial charge >= 0.3 is 0 Å². The molecule has 18 heavy (non-hydrogen) atoms. The number of hydrogen-bond donors (Lipinski definition) is 1. The van der Waals surface area contributed by atoms with Gasteiger partial charge in [0.1, 0.15) is 24.0 Å². The summed E-state index contributed by atoms with van der Waals surface area (Å²) in [6.45, 7) is 0.0581. The summed E-state index contributed by atoms with van der Waals surface area (Å²) in [5.41, 5.74) is 1.21. The van der Waals surface area contributed by atoms with E-state index < -0.39 is 11.6 Å². The van der Waals surface area contributed by atoms with E-state index in [4.69, 9.17) is 9.84 Å². The van der Waals surface area contributed by atoms with Crippen LogP contribution in [-0.4, -0.2) is 5.11 Å². The number of hydrogen-bond acceptors (Lipinski definition) is 2. The van der Waals surface area contributed by atoms with Crippen LogP contribution in [0.3, 0.4) is 0 Å². The average Bonchev–Trinajstić information content (AvgIpc) is 2.36. The molecule has 2 rings (SSSR count). The summed E-state index contributed by atoms with van der Waals surface area (Å²) in [6, 6.07) is 10.1. The monoisotopic (exact) mass is 250 g/mol. The summed E-state index contributed by atoms with van der Waals surface area (Å²) in [7, 11) is 0. The highest BCUT2D eigenvalue weighted by Gasteiger charge is 2.02. The molecule has 1 N–H and O–H groups in total. The lowest BCUT2D eigenvalue weighted by atomic mass is 10.2. The van der Waals surface area contributed by atoms with Crippen LogP contribution >= 0.6 is 0 Å². The minimum absolute atomic E-state index is 0.0324. The number of rotatable bonds is 4. The second-order valence-corrected chi connectivity index (χ2v) is 3.87. The molecule has 4 heteroatoms. The summed E-state index contributed by atoms with van der Waals surface area (Å²) in [5, 5.41) is 8.87. The molecule has 0 aliphatic carbocycles. The van der Waals surface area contributed by atoms with Crippen molar-refractivity contribution >= 4 is 0 Å². The van der Waals surface area contributed by atoms with E-state index in [-0.39, 0.29) is 13.2 Å². The normalized spacial score (nSPS) is 10.4. The maximum Gasteiger partial charge on any atom is 0.126 e. The smallest absolute Gasteiger partial charge is 0.126 e. The average molecular weight is 250 g/mol. The van der Waals surface area contributed by atoms with E-state index in [0.29, 0.717) is 11.3 Å². The molecule has 0 saturated carbocycles. The minimum atomic E-state index is -0.621. The fourth-order valence-corrected chi connectivity index (χ4v) is 1.55. The zero-order chi connectivity index (χ0) is 13.0. The van der Waals surface area contributed by atoms with Crippen LogP contribution in [0.1, 0.15) is 11.1 Å². The summed E-state index contributed by atoms with van der Waals surface area (Å²) < 4.78 is 31.2. The van der Waals surface area contributed by atoms with Gasteiger partial charge in [0, 0.05) is 6.07 Å². The van der Waals surface area contributed by atoms with E-state index in [2.05, 4.69) is 0 Å². The Morgan fingerprint density at radius 3 is 2.06 bits per heavy atom. The zero-order valence-corrected chi connectivity index (χ0v) is 9.57. The molecule has 0 aromatic heterocycles. The fourth-order valence-electron chi connectivity index (χ4n) is 1.55. The molecule has 2 aromatic rings. The van der Waals surface area contributed by atoms with Crippen LogP contribution in [0.4, 0.5) is 8.78 Å². The van der Waals surface area contributed by atoms with Crippen LogP contribution in [0.2, 0.25) is 0 Å². The summed E-state index contributed by atoms with van der Waals surface area (Å²) in [6.07, 6.45) is 0. The maximum absolute atomic E-state index is 12.9. The second-order valence-electron chi connectivity index (χ2n) is 3.87. The Bertz CT molecular complexity index is 504. The van der Waals surface area contributed by atoms with Crippen molar-refractivity contribution in [3.63, 3.8) is 0 Å². The van der Waals surface area contributed by atoms with Crippen LogP contribution < -0.4 is 4.74 Å². The first-order chi connectivity index (χ1) is 8.67. The molecule has 0 radical (unpaired) electrons. The van der Waals surface area contributed by atoms with Crippen molar-refractivity contribution in [2.75, 3.05) is 0 Å². The predicted octanol–water partition coefficient (Wildman–Crippen LogP) is 3.04. The van der Waals surface area contributed by atoms with Gasteiger partial charge in [-0.1, -0.05) is 12.1 Å². The molecule has 94 valence electrons. The van der Waals surface area contributed by atoms with E-state index in [0.717, 1.165) is 11.6 Å². The van der Waals surface area contributed by atoms with Gasteiger partial charge in [0.15, 0.2) is 0 Å². The van der Waals surface area contributed by atoms with E-state index >= 15 is 0 Å². The molecular formula is C14H12F2O2. The first-order valence-electron chi connectivity index (χ1n) is 5.45. The van der Waals surface area contributed by atoms with Gasteiger partial charge < -0.3 is 9.84 Å². The number of halogens is 2. The van der Waals surface area contributed by atoms with Crippen molar-refractivity contribution in [1.82, 2.24) is 0 Å². The first-order valence-corrected chi connectivity index (χ1v) is 5.45. The highest BCUT2D eigenvalue weighted by atomic mass is 19.1. The Hall–Kier alpha value is -1.94. The molecule has 0 unspecified atom stereocenters. The van der Waals surface area contributed by atoms with Crippen molar-refractivity contribution in [1.29, 1.82) is 0 Å². The van der Waals surface area contributed by atoms with Gasteiger partial charge in [0.25, 0.3) is 0 Å². The van der Waals surface area contributed by atoms with E-state index in [1.54, 1.807) is 24.3 Å². The Morgan fingerprint density at radius 1 is 0.889 bits per heavy atom. The van der Waals surface area contributed by atoms with Gasteiger partial charge in [0.2, 0.25) is 0 Å². The molecular weight excluding hydrogens is 238 g/mol. The van der Waals surface area contributed by atoms with Crippen molar-refractivity contribution in [2.24, 2.45) is 0 Å². The Balaban J connectivity index is 2.01. The number of benzene rings is 2. The maximum atomic E-state index is 12.9. The van der Waals surface area contributed by atoms with E-state index in [1.807, 2.05) is 0 Å². The molecule has 2 nitrogen and oxygen atoms in total. The Labute approximate surface area is 103 Å². The van der Waals surface area contributed by atoms with Gasteiger partial charge in [-0.25, -0.2) is 8.78 Å². The van der Waals surface area contributed by atoms with Crippen molar-refractivity contribution in [2.45, 2.75) is 13.2 Å². The first kappa shape index (κ1) is 12.5. The zero-order valence-electron chi connectivity index (χ0n) is 9.57. The lowest BCUT2D eigenvalue weighted by molar-refractivity contribution is 0.280. The number of aliphatic hydroxyl groups excluding tert-OH is 1. The molecule has 0 amide bonds. The lowest BCUT2D eigenvalue weighted by Gasteiger charge is -2.07. The van der Waals surface area contributed by atoms with Crippen LogP contribution in [0, 0.1) is 11.6 Å². The minimum Gasteiger partial charge on any atom is -0.489 e. The van der Waals surface area contributed by atoms with Crippen molar-refractivity contribution in [3.8, 4) is 5.75 Å².